The smallest absolute Gasteiger partial charge is 0.214 e. The molecule has 1 aromatic rings. The van der Waals surface area contributed by atoms with E-state index >= 15 is 0 Å². The number of aromatic nitrogens is 2. The maximum atomic E-state index is 12.1. The highest BCUT2D eigenvalue weighted by molar-refractivity contribution is 7.89. The number of unbranched alkanes of at least 4 members (excludes halogenated alkanes) is 1. The Morgan fingerprint density at radius 2 is 2.11 bits per heavy atom. The van der Waals surface area contributed by atoms with Gasteiger partial charge in [0.15, 0.2) is 0 Å². The fraction of sp³-hybridized carbons (Fsp3) is 0.750. The molecule has 19 heavy (non-hydrogen) atoms. The molecule has 1 aliphatic heterocycles. The predicted octanol–water partition coefficient (Wildman–Crippen LogP) is 1.23. The van der Waals surface area contributed by atoms with E-state index in [0.29, 0.717) is 18.9 Å². The van der Waals surface area contributed by atoms with Gasteiger partial charge >= 0.3 is 0 Å². The van der Waals surface area contributed by atoms with Crippen molar-refractivity contribution in [1.29, 1.82) is 0 Å². The number of nitrogens with two attached hydrogens (primary N) is 1. The molecule has 1 saturated heterocycles. The molecule has 0 radical (unpaired) electrons. The lowest BCUT2D eigenvalue weighted by Crippen LogP contribution is -2.40. The lowest BCUT2D eigenvalue weighted by Gasteiger charge is -2.31. The number of hydrogen-bond donors (Lipinski definition) is 1. The van der Waals surface area contributed by atoms with Crippen LogP contribution in [0.2, 0.25) is 0 Å². The zero-order chi connectivity index (χ0) is 13.9. The van der Waals surface area contributed by atoms with Gasteiger partial charge in [0.2, 0.25) is 10.0 Å². The largest absolute Gasteiger partial charge is 0.382 e. The number of hydrogen-bond acceptors (Lipinski definition) is 4. The van der Waals surface area contributed by atoms with E-state index in [1.54, 1.807) is 10.4 Å². The molecule has 0 spiro atoms. The molecule has 2 heterocycles. The van der Waals surface area contributed by atoms with Crippen molar-refractivity contribution >= 4 is 15.8 Å². The predicted molar refractivity (Wildman–Crippen MR) is 75.2 cm³/mol. The number of rotatable bonds is 5. The van der Waals surface area contributed by atoms with Crippen molar-refractivity contribution in [2.75, 3.05) is 24.6 Å². The summed E-state index contributed by atoms with van der Waals surface area (Å²) >= 11 is 0. The van der Waals surface area contributed by atoms with Crippen LogP contribution in [0.4, 0.5) is 5.82 Å². The molecule has 0 bridgehead atoms. The van der Waals surface area contributed by atoms with Crippen LogP contribution in [0.5, 0.6) is 0 Å². The monoisotopic (exact) mass is 286 g/mol. The Morgan fingerprint density at radius 3 is 2.63 bits per heavy atom. The van der Waals surface area contributed by atoms with Crippen LogP contribution in [0.1, 0.15) is 38.6 Å². The second kappa shape index (κ2) is 5.92. The van der Waals surface area contributed by atoms with Gasteiger partial charge in [0, 0.05) is 19.3 Å². The molecule has 2 rings (SSSR count). The molecule has 0 saturated carbocycles. The molecule has 1 aliphatic rings. The van der Waals surface area contributed by atoms with Crippen molar-refractivity contribution in [2.24, 2.45) is 0 Å². The molecule has 7 heteroatoms. The summed E-state index contributed by atoms with van der Waals surface area (Å²) in [6.07, 6.45) is 5.10. The molecule has 0 aromatic carbocycles. The first kappa shape index (κ1) is 14.3. The van der Waals surface area contributed by atoms with Crippen LogP contribution in [0, 0.1) is 0 Å². The summed E-state index contributed by atoms with van der Waals surface area (Å²) in [5, 5.41) is 4.20. The number of nitrogens with zero attached hydrogens (tertiary/aromatic N) is 3. The highest BCUT2D eigenvalue weighted by Crippen LogP contribution is 2.24. The normalized spacial score (nSPS) is 18.8. The van der Waals surface area contributed by atoms with Gasteiger partial charge < -0.3 is 5.73 Å². The van der Waals surface area contributed by atoms with Gasteiger partial charge in [-0.3, -0.25) is 4.68 Å². The Bertz CT molecular complexity index is 504. The zero-order valence-electron chi connectivity index (χ0n) is 11.3. The first-order valence-corrected chi connectivity index (χ1v) is 8.42. The summed E-state index contributed by atoms with van der Waals surface area (Å²) < 4.78 is 27.6. The average Bonchev–Trinajstić information content (AvgIpc) is 2.83. The van der Waals surface area contributed by atoms with Gasteiger partial charge in [-0.05, 0) is 25.3 Å². The summed E-state index contributed by atoms with van der Waals surface area (Å²) in [4.78, 5) is 0. The topological polar surface area (TPSA) is 81.2 Å². The number of sulfonamides is 1. The third kappa shape index (κ3) is 3.48. The molecular formula is C12H22N4O2S. The van der Waals surface area contributed by atoms with Crippen LogP contribution >= 0.6 is 0 Å². The van der Waals surface area contributed by atoms with Crippen LogP contribution in [0.15, 0.2) is 12.3 Å². The van der Waals surface area contributed by atoms with Crippen LogP contribution in [-0.4, -0.2) is 41.3 Å². The molecule has 0 aliphatic carbocycles. The second-order valence-corrected chi connectivity index (χ2v) is 7.11. The van der Waals surface area contributed by atoms with Crippen LogP contribution in [0.25, 0.3) is 0 Å². The summed E-state index contributed by atoms with van der Waals surface area (Å²) in [7, 11) is -3.07. The van der Waals surface area contributed by atoms with Crippen molar-refractivity contribution in [3.63, 3.8) is 0 Å². The Labute approximate surface area is 114 Å². The van der Waals surface area contributed by atoms with Gasteiger partial charge in [-0.1, -0.05) is 13.3 Å². The summed E-state index contributed by atoms with van der Waals surface area (Å²) in [5.41, 5.74) is 5.60. The van der Waals surface area contributed by atoms with Crippen molar-refractivity contribution in [2.45, 2.75) is 38.6 Å². The molecule has 0 unspecified atom stereocenters. The molecule has 108 valence electrons. The molecule has 0 atom stereocenters. The van der Waals surface area contributed by atoms with E-state index < -0.39 is 10.0 Å². The summed E-state index contributed by atoms with van der Waals surface area (Å²) in [6.45, 7) is 3.16. The Balaban J connectivity index is 1.92. The fourth-order valence-corrected chi connectivity index (χ4v) is 4.08. The molecule has 2 N–H and O–H groups in total. The van der Waals surface area contributed by atoms with Gasteiger partial charge in [-0.25, -0.2) is 12.7 Å². The van der Waals surface area contributed by atoms with Crippen molar-refractivity contribution < 1.29 is 8.42 Å². The van der Waals surface area contributed by atoms with E-state index in [1.165, 1.54) is 0 Å². The standard InChI is InChI=1S/C12H22N4O2S/c1-2-3-10-19(17,18)15-7-4-11(5-8-15)16-9-6-12(13)14-16/h6,9,11H,2-5,7-8,10H2,1H3,(H2,13,14). The van der Waals surface area contributed by atoms with Crippen molar-refractivity contribution in [1.82, 2.24) is 14.1 Å². The van der Waals surface area contributed by atoms with Crippen molar-refractivity contribution in [3.05, 3.63) is 12.3 Å². The molecule has 1 aromatic heterocycles. The SMILES string of the molecule is CCCCS(=O)(=O)N1CCC(n2ccc(N)n2)CC1. The van der Waals surface area contributed by atoms with Gasteiger partial charge in [0.1, 0.15) is 5.82 Å². The molecular weight excluding hydrogens is 264 g/mol. The van der Waals surface area contributed by atoms with E-state index in [2.05, 4.69) is 5.10 Å². The highest BCUT2D eigenvalue weighted by Gasteiger charge is 2.28. The fourth-order valence-electron chi connectivity index (χ4n) is 2.40. The lowest BCUT2D eigenvalue weighted by molar-refractivity contribution is 0.261. The minimum Gasteiger partial charge on any atom is -0.382 e. The number of piperidine rings is 1. The molecule has 6 nitrogen and oxygen atoms in total. The molecule has 1 fully saturated rings. The van der Waals surface area contributed by atoms with Crippen molar-refractivity contribution in [3.8, 4) is 0 Å². The molecule has 0 amide bonds. The maximum absolute atomic E-state index is 12.1. The Kier molecular flexibility index (Phi) is 4.46. The minimum absolute atomic E-state index is 0.259. The van der Waals surface area contributed by atoms with E-state index in [0.717, 1.165) is 25.7 Å². The van der Waals surface area contributed by atoms with E-state index in [1.807, 2.05) is 17.8 Å². The summed E-state index contributed by atoms with van der Waals surface area (Å²) in [5.74, 6) is 0.779. The minimum atomic E-state index is -3.07. The van der Waals surface area contributed by atoms with Crippen LogP contribution in [-0.2, 0) is 10.0 Å². The third-order valence-electron chi connectivity index (χ3n) is 3.58. The second-order valence-electron chi connectivity index (χ2n) is 5.02. The lowest BCUT2D eigenvalue weighted by atomic mass is 10.1. The third-order valence-corrected chi connectivity index (χ3v) is 5.53. The Morgan fingerprint density at radius 1 is 1.42 bits per heavy atom. The number of anilines is 1. The van der Waals surface area contributed by atoms with Crippen LogP contribution in [0.3, 0.4) is 0 Å². The van der Waals surface area contributed by atoms with Crippen LogP contribution < -0.4 is 5.73 Å². The van der Waals surface area contributed by atoms with Gasteiger partial charge in [-0.2, -0.15) is 5.10 Å². The first-order chi connectivity index (χ1) is 9.03. The first-order valence-electron chi connectivity index (χ1n) is 6.81. The highest BCUT2D eigenvalue weighted by atomic mass is 32.2. The van der Waals surface area contributed by atoms with Gasteiger partial charge in [0.25, 0.3) is 0 Å². The Hall–Kier alpha value is -1.08. The number of nitrogen functional groups attached to an aromatic ring is 1. The maximum Gasteiger partial charge on any atom is 0.214 e. The van der Waals surface area contributed by atoms with E-state index in [4.69, 9.17) is 5.73 Å². The van der Waals surface area contributed by atoms with Gasteiger partial charge in [-0.15, -0.1) is 0 Å². The summed E-state index contributed by atoms with van der Waals surface area (Å²) in [6, 6.07) is 2.03. The van der Waals surface area contributed by atoms with Gasteiger partial charge in [0.05, 0.1) is 11.8 Å². The van der Waals surface area contributed by atoms with E-state index in [9.17, 15) is 8.42 Å². The zero-order valence-corrected chi connectivity index (χ0v) is 12.1. The van der Waals surface area contributed by atoms with E-state index in [-0.39, 0.29) is 11.8 Å². The quantitative estimate of drug-likeness (QED) is 0.882. The average molecular weight is 286 g/mol.